The molecule has 0 aliphatic heterocycles. The van der Waals surface area contributed by atoms with Crippen molar-refractivity contribution in [1.82, 2.24) is 9.78 Å². The highest BCUT2D eigenvalue weighted by Crippen LogP contribution is 2.30. The van der Waals surface area contributed by atoms with Crippen molar-refractivity contribution < 1.29 is 9.90 Å². The monoisotopic (exact) mass is 272 g/mol. The Morgan fingerprint density at radius 2 is 1.80 bits per heavy atom. The molecule has 1 aromatic heterocycles. The number of para-hydroxylation sites is 1. The van der Waals surface area contributed by atoms with Gasteiger partial charge in [-0.2, -0.15) is 5.10 Å². The summed E-state index contributed by atoms with van der Waals surface area (Å²) in [4.78, 5) is 11.4. The maximum atomic E-state index is 11.4. The SMILES string of the molecule is Cc1ccccc1-n1nc(C(=O)O)c(C)c1C(C)(C)C. The predicted molar refractivity (Wildman–Crippen MR) is 78.7 cm³/mol. The molecule has 20 heavy (non-hydrogen) atoms. The molecule has 1 N–H and O–H groups in total. The van der Waals surface area contributed by atoms with Gasteiger partial charge in [-0.05, 0) is 25.5 Å². The highest BCUT2D eigenvalue weighted by Gasteiger charge is 2.28. The van der Waals surface area contributed by atoms with Crippen LogP contribution in [0.2, 0.25) is 0 Å². The van der Waals surface area contributed by atoms with Gasteiger partial charge in [0.1, 0.15) is 0 Å². The summed E-state index contributed by atoms with van der Waals surface area (Å²) in [5.74, 6) is -0.986. The van der Waals surface area contributed by atoms with Crippen LogP contribution in [0.5, 0.6) is 0 Å². The molecule has 0 bridgehead atoms. The molecule has 0 saturated carbocycles. The van der Waals surface area contributed by atoms with Crippen LogP contribution >= 0.6 is 0 Å². The van der Waals surface area contributed by atoms with Gasteiger partial charge in [-0.3, -0.25) is 0 Å². The zero-order valence-corrected chi connectivity index (χ0v) is 12.6. The molecular weight excluding hydrogens is 252 g/mol. The molecule has 4 heteroatoms. The Morgan fingerprint density at radius 3 is 2.30 bits per heavy atom. The predicted octanol–water partition coefficient (Wildman–Crippen LogP) is 3.48. The smallest absolute Gasteiger partial charge is 0.356 e. The highest BCUT2D eigenvalue weighted by molar-refractivity contribution is 5.87. The van der Waals surface area contributed by atoms with Gasteiger partial charge in [-0.25, -0.2) is 9.48 Å². The molecular formula is C16H20N2O2. The van der Waals surface area contributed by atoms with E-state index in [9.17, 15) is 9.90 Å². The third-order valence-electron chi connectivity index (χ3n) is 3.38. The molecule has 0 saturated heterocycles. The number of hydrogen-bond donors (Lipinski definition) is 1. The first kappa shape index (κ1) is 14.3. The third kappa shape index (κ3) is 2.33. The average molecular weight is 272 g/mol. The first-order chi connectivity index (χ1) is 9.23. The lowest BCUT2D eigenvalue weighted by molar-refractivity contribution is 0.0689. The second kappa shape index (κ2) is 4.78. The van der Waals surface area contributed by atoms with Gasteiger partial charge in [0.05, 0.1) is 11.4 Å². The van der Waals surface area contributed by atoms with Crippen LogP contribution in [-0.4, -0.2) is 20.9 Å². The van der Waals surface area contributed by atoms with E-state index in [0.717, 1.165) is 22.5 Å². The number of rotatable bonds is 2. The molecule has 1 aromatic carbocycles. The zero-order chi connectivity index (χ0) is 15.1. The molecule has 0 radical (unpaired) electrons. The fraction of sp³-hybridized carbons (Fsp3) is 0.375. The van der Waals surface area contributed by atoms with Crippen LogP contribution in [0, 0.1) is 13.8 Å². The number of carbonyl (C=O) groups is 1. The van der Waals surface area contributed by atoms with E-state index in [2.05, 4.69) is 25.9 Å². The van der Waals surface area contributed by atoms with Gasteiger partial charge in [-0.1, -0.05) is 39.0 Å². The molecule has 0 atom stereocenters. The van der Waals surface area contributed by atoms with Crippen LogP contribution in [0.25, 0.3) is 5.69 Å². The van der Waals surface area contributed by atoms with Crippen LogP contribution in [-0.2, 0) is 5.41 Å². The lowest BCUT2D eigenvalue weighted by Gasteiger charge is -2.22. The molecule has 4 nitrogen and oxygen atoms in total. The first-order valence-electron chi connectivity index (χ1n) is 6.63. The Hall–Kier alpha value is -2.10. The Morgan fingerprint density at radius 1 is 1.20 bits per heavy atom. The number of carboxylic acids is 1. The molecule has 106 valence electrons. The molecule has 2 rings (SSSR count). The summed E-state index contributed by atoms with van der Waals surface area (Å²) in [5, 5.41) is 13.6. The fourth-order valence-electron chi connectivity index (χ4n) is 2.55. The van der Waals surface area contributed by atoms with E-state index in [0.29, 0.717) is 0 Å². The van der Waals surface area contributed by atoms with E-state index in [1.165, 1.54) is 0 Å². The van der Waals surface area contributed by atoms with E-state index < -0.39 is 5.97 Å². The molecule has 0 spiro atoms. The maximum Gasteiger partial charge on any atom is 0.356 e. The van der Waals surface area contributed by atoms with Gasteiger partial charge in [0.15, 0.2) is 5.69 Å². The maximum absolute atomic E-state index is 11.4. The molecule has 2 aromatic rings. The van der Waals surface area contributed by atoms with E-state index in [1.807, 2.05) is 38.1 Å². The summed E-state index contributed by atoms with van der Waals surface area (Å²) < 4.78 is 1.77. The Labute approximate surface area is 119 Å². The number of aromatic nitrogens is 2. The number of aryl methyl sites for hydroxylation is 1. The van der Waals surface area contributed by atoms with Crippen molar-refractivity contribution in [2.24, 2.45) is 0 Å². The minimum atomic E-state index is -0.986. The summed E-state index contributed by atoms with van der Waals surface area (Å²) in [6, 6.07) is 7.86. The number of aromatic carboxylic acids is 1. The quantitative estimate of drug-likeness (QED) is 0.910. The summed E-state index contributed by atoms with van der Waals surface area (Å²) in [6.07, 6.45) is 0. The normalized spacial score (nSPS) is 11.7. The van der Waals surface area contributed by atoms with E-state index in [1.54, 1.807) is 4.68 Å². The number of carboxylic acid groups (broad SMARTS) is 1. The van der Waals surface area contributed by atoms with E-state index in [4.69, 9.17) is 0 Å². The number of nitrogens with zero attached hydrogens (tertiary/aromatic N) is 2. The molecule has 0 fully saturated rings. The second-order valence-corrected chi connectivity index (χ2v) is 6.08. The van der Waals surface area contributed by atoms with Gasteiger partial charge in [0.25, 0.3) is 0 Å². The van der Waals surface area contributed by atoms with Gasteiger partial charge in [0.2, 0.25) is 0 Å². The van der Waals surface area contributed by atoms with Crippen LogP contribution in [0.1, 0.15) is 48.1 Å². The van der Waals surface area contributed by atoms with Crippen molar-refractivity contribution >= 4 is 5.97 Å². The molecule has 1 heterocycles. The van der Waals surface area contributed by atoms with Crippen molar-refractivity contribution in [2.75, 3.05) is 0 Å². The Bertz CT molecular complexity index is 664. The first-order valence-corrected chi connectivity index (χ1v) is 6.63. The standard InChI is InChI=1S/C16H20N2O2/c1-10-8-6-7-9-12(10)18-14(16(3,4)5)11(2)13(17-18)15(19)20/h6-9H,1-5H3,(H,19,20). The lowest BCUT2D eigenvalue weighted by atomic mass is 9.88. The minimum Gasteiger partial charge on any atom is -0.476 e. The fourth-order valence-corrected chi connectivity index (χ4v) is 2.55. The van der Waals surface area contributed by atoms with E-state index in [-0.39, 0.29) is 11.1 Å². The lowest BCUT2D eigenvalue weighted by Crippen LogP contribution is -2.19. The van der Waals surface area contributed by atoms with Crippen LogP contribution < -0.4 is 0 Å². The van der Waals surface area contributed by atoms with Crippen LogP contribution in [0.4, 0.5) is 0 Å². The van der Waals surface area contributed by atoms with Crippen LogP contribution in [0.3, 0.4) is 0 Å². The van der Waals surface area contributed by atoms with E-state index >= 15 is 0 Å². The van der Waals surface area contributed by atoms with Crippen molar-refractivity contribution in [1.29, 1.82) is 0 Å². The van der Waals surface area contributed by atoms with Crippen molar-refractivity contribution in [2.45, 2.75) is 40.0 Å². The van der Waals surface area contributed by atoms with Crippen molar-refractivity contribution in [3.63, 3.8) is 0 Å². The third-order valence-corrected chi connectivity index (χ3v) is 3.38. The molecule has 0 aliphatic rings. The molecule has 0 aliphatic carbocycles. The molecule has 0 amide bonds. The average Bonchev–Trinajstić information content (AvgIpc) is 2.67. The largest absolute Gasteiger partial charge is 0.476 e. The molecule has 0 unspecified atom stereocenters. The number of hydrogen-bond acceptors (Lipinski definition) is 2. The topological polar surface area (TPSA) is 55.1 Å². The number of benzene rings is 1. The van der Waals surface area contributed by atoms with Crippen molar-refractivity contribution in [3.8, 4) is 5.69 Å². The van der Waals surface area contributed by atoms with Gasteiger partial charge in [0, 0.05) is 11.0 Å². The minimum absolute atomic E-state index is 0.123. The Balaban J connectivity index is 2.80. The van der Waals surface area contributed by atoms with Gasteiger partial charge < -0.3 is 5.11 Å². The van der Waals surface area contributed by atoms with Crippen LogP contribution in [0.15, 0.2) is 24.3 Å². The van der Waals surface area contributed by atoms with Crippen molar-refractivity contribution in [3.05, 3.63) is 46.8 Å². The zero-order valence-electron chi connectivity index (χ0n) is 12.6. The van der Waals surface area contributed by atoms with Gasteiger partial charge >= 0.3 is 5.97 Å². The summed E-state index contributed by atoms with van der Waals surface area (Å²) in [6.45, 7) is 10.0. The summed E-state index contributed by atoms with van der Waals surface area (Å²) >= 11 is 0. The highest BCUT2D eigenvalue weighted by atomic mass is 16.4. The van der Waals surface area contributed by atoms with Gasteiger partial charge in [-0.15, -0.1) is 0 Å². The second-order valence-electron chi connectivity index (χ2n) is 6.08. The Kier molecular flexibility index (Phi) is 3.42. The summed E-state index contributed by atoms with van der Waals surface area (Å²) in [7, 11) is 0. The summed E-state index contributed by atoms with van der Waals surface area (Å²) in [5.41, 5.74) is 3.59.